The van der Waals surface area contributed by atoms with Crippen LogP contribution in [0.3, 0.4) is 0 Å². The van der Waals surface area contributed by atoms with Gasteiger partial charge in [0.15, 0.2) is 0 Å². The molecule has 1 saturated carbocycles. The van der Waals surface area contributed by atoms with E-state index < -0.39 is 0 Å². The number of nitrogens with zero attached hydrogens (tertiary/aromatic N) is 2. The van der Waals surface area contributed by atoms with Crippen LogP contribution in [0.15, 0.2) is 0 Å². The zero-order valence-electron chi connectivity index (χ0n) is 11.8. The predicted octanol–water partition coefficient (Wildman–Crippen LogP) is 0.517. The number of hydrogen-bond donors (Lipinski definition) is 2. The second-order valence-corrected chi connectivity index (χ2v) is 5.96. The number of rotatable bonds is 9. The molecule has 2 fully saturated rings. The summed E-state index contributed by atoms with van der Waals surface area (Å²) in [5.41, 5.74) is 0. The smallest absolute Gasteiger partial charge is 0.0585 e. The summed E-state index contributed by atoms with van der Waals surface area (Å²) in [5.74, 6) is 0. The molecule has 2 N–H and O–H groups in total. The fourth-order valence-corrected chi connectivity index (χ4v) is 2.62. The Morgan fingerprint density at radius 1 is 1.28 bits per heavy atom. The molecule has 18 heavy (non-hydrogen) atoms. The van der Waals surface area contributed by atoms with Crippen LogP contribution in [0.2, 0.25) is 0 Å². The van der Waals surface area contributed by atoms with Crippen molar-refractivity contribution in [2.24, 2.45) is 0 Å². The van der Waals surface area contributed by atoms with Crippen LogP contribution in [-0.4, -0.2) is 73.4 Å². The topological polar surface area (TPSA) is 38.7 Å². The van der Waals surface area contributed by atoms with E-state index in [9.17, 15) is 5.11 Å². The first-order valence-electron chi connectivity index (χ1n) is 7.55. The first kappa shape index (κ1) is 14.3. The van der Waals surface area contributed by atoms with Gasteiger partial charge in [0.1, 0.15) is 0 Å². The fraction of sp³-hybridized carbons (Fsp3) is 1.00. The van der Waals surface area contributed by atoms with Gasteiger partial charge in [0.2, 0.25) is 0 Å². The third-order valence-electron chi connectivity index (χ3n) is 4.13. The van der Waals surface area contributed by atoms with Gasteiger partial charge in [0, 0.05) is 25.2 Å². The normalized spacial score (nSPS) is 22.8. The summed E-state index contributed by atoms with van der Waals surface area (Å²) in [6.45, 7) is 6.29. The van der Waals surface area contributed by atoms with E-state index in [4.69, 9.17) is 0 Å². The second kappa shape index (κ2) is 7.43. The molecule has 4 heteroatoms. The van der Waals surface area contributed by atoms with Gasteiger partial charge in [-0.05, 0) is 58.8 Å². The van der Waals surface area contributed by atoms with E-state index in [0.29, 0.717) is 12.1 Å². The Morgan fingerprint density at radius 3 is 2.61 bits per heavy atom. The molecule has 0 bridgehead atoms. The Morgan fingerprint density at radius 2 is 2.00 bits per heavy atom. The zero-order valence-corrected chi connectivity index (χ0v) is 11.8. The van der Waals surface area contributed by atoms with Gasteiger partial charge in [-0.15, -0.1) is 0 Å². The Kier molecular flexibility index (Phi) is 5.89. The molecule has 1 heterocycles. The molecule has 0 aromatic rings. The molecule has 106 valence electrons. The highest BCUT2D eigenvalue weighted by Crippen LogP contribution is 2.19. The summed E-state index contributed by atoms with van der Waals surface area (Å²) in [4.78, 5) is 4.96. The first-order chi connectivity index (χ1) is 8.78. The quantitative estimate of drug-likeness (QED) is 0.630. The Balaban J connectivity index is 1.53. The minimum Gasteiger partial charge on any atom is -0.395 e. The Bertz CT molecular complexity index is 227. The SMILES string of the molecule is CN(CCC(CO)NC1CC1)CCN1CCCC1. The Labute approximate surface area is 111 Å². The van der Waals surface area contributed by atoms with E-state index in [1.165, 1.54) is 45.3 Å². The van der Waals surface area contributed by atoms with E-state index in [2.05, 4.69) is 22.2 Å². The Hall–Kier alpha value is -0.160. The predicted molar refractivity (Wildman–Crippen MR) is 74.8 cm³/mol. The molecule has 1 atom stereocenters. The van der Waals surface area contributed by atoms with Crippen molar-refractivity contribution in [3.8, 4) is 0 Å². The molecule has 0 aromatic heterocycles. The lowest BCUT2D eigenvalue weighted by molar-refractivity contribution is 0.207. The maximum Gasteiger partial charge on any atom is 0.0585 e. The number of hydrogen-bond acceptors (Lipinski definition) is 4. The van der Waals surface area contributed by atoms with Crippen molar-refractivity contribution in [2.75, 3.05) is 46.4 Å². The first-order valence-corrected chi connectivity index (χ1v) is 7.55. The van der Waals surface area contributed by atoms with Crippen molar-refractivity contribution < 1.29 is 5.11 Å². The highest BCUT2D eigenvalue weighted by molar-refractivity contribution is 4.85. The van der Waals surface area contributed by atoms with Crippen LogP contribution in [-0.2, 0) is 0 Å². The summed E-state index contributed by atoms with van der Waals surface area (Å²) in [5, 5.41) is 12.8. The number of nitrogens with one attached hydrogen (secondary N) is 1. The summed E-state index contributed by atoms with van der Waals surface area (Å²) in [6.07, 6.45) is 6.40. The van der Waals surface area contributed by atoms with Crippen molar-refractivity contribution in [1.82, 2.24) is 15.1 Å². The van der Waals surface area contributed by atoms with E-state index in [1.807, 2.05) is 0 Å². The van der Waals surface area contributed by atoms with Gasteiger partial charge in [-0.3, -0.25) is 0 Å². The molecule has 1 aliphatic carbocycles. The fourth-order valence-electron chi connectivity index (χ4n) is 2.62. The number of aliphatic hydroxyl groups excluding tert-OH is 1. The molecule has 0 aromatic carbocycles. The number of likely N-dealkylation sites (N-methyl/N-ethyl adjacent to an activating group) is 1. The summed E-state index contributed by atoms with van der Waals surface area (Å²) in [7, 11) is 2.20. The van der Waals surface area contributed by atoms with Crippen LogP contribution in [0.1, 0.15) is 32.1 Å². The van der Waals surface area contributed by atoms with E-state index in [0.717, 1.165) is 19.5 Å². The standard InChI is InChI=1S/C14H29N3O/c1-16(10-11-17-7-2-3-8-17)9-6-14(12-18)15-13-4-5-13/h13-15,18H,2-12H2,1H3. The summed E-state index contributed by atoms with van der Waals surface area (Å²) >= 11 is 0. The molecule has 4 nitrogen and oxygen atoms in total. The van der Waals surface area contributed by atoms with Crippen LogP contribution in [0.5, 0.6) is 0 Å². The minimum absolute atomic E-state index is 0.274. The molecular formula is C14H29N3O. The lowest BCUT2D eigenvalue weighted by atomic mass is 10.2. The van der Waals surface area contributed by atoms with Crippen LogP contribution < -0.4 is 5.32 Å². The maximum absolute atomic E-state index is 9.33. The van der Waals surface area contributed by atoms with Gasteiger partial charge in [0.05, 0.1) is 6.61 Å². The van der Waals surface area contributed by atoms with Gasteiger partial charge in [-0.25, -0.2) is 0 Å². The second-order valence-electron chi connectivity index (χ2n) is 5.96. The molecule has 0 spiro atoms. The van der Waals surface area contributed by atoms with Gasteiger partial charge in [-0.2, -0.15) is 0 Å². The number of likely N-dealkylation sites (tertiary alicyclic amines) is 1. The highest BCUT2D eigenvalue weighted by Gasteiger charge is 2.24. The maximum atomic E-state index is 9.33. The molecule has 1 saturated heterocycles. The van der Waals surface area contributed by atoms with E-state index in [1.54, 1.807) is 0 Å². The monoisotopic (exact) mass is 255 g/mol. The number of aliphatic hydroxyl groups is 1. The van der Waals surface area contributed by atoms with Crippen LogP contribution >= 0.6 is 0 Å². The lowest BCUT2D eigenvalue weighted by Crippen LogP contribution is -2.38. The average molecular weight is 255 g/mol. The van der Waals surface area contributed by atoms with Crippen LogP contribution in [0, 0.1) is 0 Å². The third-order valence-corrected chi connectivity index (χ3v) is 4.13. The van der Waals surface area contributed by atoms with Gasteiger partial charge in [0.25, 0.3) is 0 Å². The van der Waals surface area contributed by atoms with Crippen LogP contribution in [0.4, 0.5) is 0 Å². The van der Waals surface area contributed by atoms with Crippen molar-refractivity contribution in [2.45, 2.75) is 44.2 Å². The zero-order chi connectivity index (χ0) is 12.8. The van der Waals surface area contributed by atoms with Gasteiger partial charge >= 0.3 is 0 Å². The van der Waals surface area contributed by atoms with E-state index >= 15 is 0 Å². The van der Waals surface area contributed by atoms with Crippen molar-refractivity contribution in [3.05, 3.63) is 0 Å². The molecule has 1 unspecified atom stereocenters. The molecule has 0 radical (unpaired) electrons. The van der Waals surface area contributed by atoms with Crippen LogP contribution in [0.25, 0.3) is 0 Å². The van der Waals surface area contributed by atoms with Crippen molar-refractivity contribution >= 4 is 0 Å². The minimum atomic E-state index is 0.274. The van der Waals surface area contributed by atoms with E-state index in [-0.39, 0.29) is 6.61 Å². The molecule has 0 amide bonds. The molecule has 1 aliphatic heterocycles. The van der Waals surface area contributed by atoms with Gasteiger partial charge < -0.3 is 20.2 Å². The summed E-state index contributed by atoms with van der Waals surface area (Å²) in [6, 6.07) is 0.990. The third kappa shape index (κ3) is 5.22. The summed E-state index contributed by atoms with van der Waals surface area (Å²) < 4.78 is 0. The van der Waals surface area contributed by atoms with Gasteiger partial charge in [-0.1, -0.05) is 0 Å². The molecular weight excluding hydrogens is 226 g/mol. The highest BCUT2D eigenvalue weighted by atomic mass is 16.3. The average Bonchev–Trinajstić information content (AvgIpc) is 3.04. The molecule has 2 aliphatic rings. The van der Waals surface area contributed by atoms with Crippen molar-refractivity contribution in [3.63, 3.8) is 0 Å². The van der Waals surface area contributed by atoms with Crippen molar-refractivity contribution in [1.29, 1.82) is 0 Å². The molecule has 2 rings (SSSR count). The largest absolute Gasteiger partial charge is 0.395 e. The lowest BCUT2D eigenvalue weighted by Gasteiger charge is -2.23.